The van der Waals surface area contributed by atoms with E-state index >= 15 is 0 Å². The van der Waals surface area contributed by atoms with Crippen molar-refractivity contribution in [3.8, 4) is 5.75 Å². The van der Waals surface area contributed by atoms with E-state index in [9.17, 15) is 9.59 Å². The molecule has 2 aromatic rings. The lowest BCUT2D eigenvalue weighted by molar-refractivity contribution is -0.144. The minimum atomic E-state index is -0.705. The highest BCUT2D eigenvalue weighted by molar-refractivity contribution is 5.98. The number of aryl methyl sites for hydroxylation is 2. The van der Waals surface area contributed by atoms with Gasteiger partial charge in [0.2, 0.25) is 5.91 Å². The Bertz CT molecular complexity index is 917. The highest BCUT2D eigenvalue weighted by atomic mass is 16.5. The Balaban J connectivity index is 1.51. The highest BCUT2D eigenvalue weighted by Crippen LogP contribution is 2.39. The van der Waals surface area contributed by atoms with Gasteiger partial charge in [0.1, 0.15) is 23.7 Å². The fourth-order valence-corrected chi connectivity index (χ4v) is 4.53. The van der Waals surface area contributed by atoms with E-state index in [4.69, 9.17) is 9.15 Å². The van der Waals surface area contributed by atoms with Crippen LogP contribution in [0.2, 0.25) is 0 Å². The number of rotatable bonds is 4. The van der Waals surface area contributed by atoms with Gasteiger partial charge < -0.3 is 19.0 Å². The van der Waals surface area contributed by atoms with Crippen molar-refractivity contribution < 1.29 is 18.7 Å². The van der Waals surface area contributed by atoms with Crippen LogP contribution >= 0.6 is 0 Å². The van der Waals surface area contributed by atoms with Crippen molar-refractivity contribution >= 4 is 11.8 Å². The summed E-state index contributed by atoms with van der Waals surface area (Å²) in [6.07, 6.45) is 3.21. The van der Waals surface area contributed by atoms with Crippen LogP contribution in [0.15, 0.2) is 34.7 Å². The third-order valence-electron chi connectivity index (χ3n) is 6.21. The van der Waals surface area contributed by atoms with Crippen molar-refractivity contribution in [2.75, 3.05) is 20.1 Å². The summed E-state index contributed by atoms with van der Waals surface area (Å²) in [7, 11) is 1.82. The number of benzene rings is 1. The second-order valence-electron chi connectivity index (χ2n) is 8.22. The minimum Gasteiger partial charge on any atom is -0.489 e. The number of carbonyl (C=O) groups is 2. The number of furan rings is 1. The first-order valence-electron chi connectivity index (χ1n) is 10.3. The monoisotopic (exact) mass is 396 g/mol. The van der Waals surface area contributed by atoms with Crippen LogP contribution in [-0.4, -0.2) is 47.3 Å². The molecule has 1 aromatic heterocycles. The van der Waals surface area contributed by atoms with Gasteiger partial charge in [0.15, 0.2) is 5.76 Å². The first-order chi connectivity index (χ1) is 13.9. The Kier molecular flexibility index (Phi) is 5.11. The van der Waals surface area contributed by atoms with E-state index in [0.717, 1.165) is 43.5 Å². The maximum absolute atomic E-state index is 13.3. The zero-order valence-electron chi connectivity index (χ0n) is 17.4. The van der Waals surface area contributed by atoms with Crippen LogP contribution in [0.4, 0.5) is 0 Å². The van der Waals surface area contributed by atoms with Gasteiger partial charge >= 0.3 is 0 Å². The SMILES string of the molecule is Cc1ccc(OCc2cc(C(=O)N3CCCC34CCCN(C)C4=O)oc2C)cc1. The number of ether oxygens (including phenoxy) is 1. The van der Waals surface area contributed by atoms with Gasteiger partial charge in [-0.05, 0) is 57.7 Å². The molecule has 2 aliphatic rings. The molecule has 6 nitrogen and oxygen atoms in total. The van der Waals surface area contributed by atoms with Crippen LogP contribution in [0.3, 0.4) is 0 Å². The molecule has 1 atom stereocenters. The molecule has 2 fully saturated rings. The van der Waals surface area contributed by atoms with Gasteiger partial charge in [0, 0.05) is 25.7 Å². The van der Waals surface area contributed by atoms with Gasteiger partial charge in [0.05, 0.1) is 0 Å². The van der Waals surface area contributed by atoms with Gasteiger partial charge in [-0.3, -0.25) is 9.59 Å². The van der Waals surface area contributed by atoms with E-state index in [2.05, 4.69) is 0 Å². The number of likely N-dealkylation sites (tertiary alicyclic amines) is 2. The first kappa shape index (κ1) is 19.6. The average molecular weight is 396 g/mol. The number of hydrogen-bond donors (Lipinski definition) is 0. The second kappa shape index (κ2) is 7.58. The van der Waals surface area contributed by atoms with Gasteiger partial charge in [0.25, 0.3) is 5.91 Å². The lowest BCUT2D eigenvalue weighted by Gasteiger charge is -2.43. The maximum Gasteiger partial charge on any atom is 0.290 e. The number of hydrogen-bond acceptors (Lipinski definition) is 4. The number of nitrogens with zero attached hydrogens (tertiary/aromatic N) is 2. The number of amides is 2. The Morgan fingerprint density at radius 2 is 1.83 bits per heavy atom. The second-order valence-corrected chi connectivity index (χ2v) is 8.22. The van der Waals surface area contributed by atoms with Crippen LogP contribution in [0.5, 0.6) is 5.75 Å². The van der Waals surface area contributed by atoms with Crippen molar-refractivity contribution in [3.63, 3.8) is 0 Å². The fraction of sp³-hybridized carbons (Fsp3) is 0.478. The zero-order chi connectivity index (χ0) is 20.6. The average Bonchev–Trinajstić information content (AvgIpc) is 3.29. The molecule has 1 aromatic carbocycles. The third-order valence-corrected chi connectivity index (χ3v) is 6.21. The predicted molar refractivity (Wildman–Crippen MR) is 109 cm³/mol. The van der Waals surface area contributed by atoms with Gasteiger partial charge in [-0.1, -0.05) is 17.7 Å². The van der Waals surface area contributed by atoms with E-state index in [-0.39, 0.29) is 17.6 Å². The molecule has 2 amide bonds. The summed E-state index contributed by atoms with van der Waals surface area (Å²) >= 11 is 0. The lowest BCUT2D eigenvalue weighted by Crippen LogP contribution is -2.60. The first-order valence-corrected chi connectivity index (χ1v) is 10.3. The number of piperidine rings is 1. The molecule has 0 saturated carbocycles. The standard InChI is InChI=1S/C23H28N2O4/c1-16-6-8-19(9-7-16)28-15-18-14-20(29-17(18)2)21(26)25-13-5-11-23(25)10-4-12-24(3)22(23)27/h6-9,14H,4-5,10-13,15H2,1-3H3. The van der Waals surface area contributed by atoms with Crippen LogP contribution in [0.25, 0.3) is 0 Å². The van der Waals surface area contributed by atoms with Gasteiger partial charge in [-0.2, -0.15) is 0 Å². The summed E-state index contributed by atoms with van der Waals surface area (Å²) in [6.45, 7) is 5.54. The van der Waals surface area contributed by atoms with E-state index in [1.54, 1.807) is 15.9 Å². The summed E-state index contributed by atoms with van der Waals surface area (Å²) in [6, 6.07) is 9.61. The Labute approximate surface area is 171 Å². The summed E-state index contributed by atoms with van der Waals surface area (Å²) in [5.74, 6) is 1.59. The van der Waals surface area contributed by atoms with E-state index < -0.39 is 5.54 Å². The molecule has 0 bridgehead atoms. The fourth-order valence-electron chi connectivity index (χ4n) is 4.53. The molecule has 3 heterocycles. The van der Waals surface area contributed by atoms with E-state index in [0.29, 0.717) is 18.9 Å². The smallest absolute Gasteiger partial charge is 0.290 e. The molecule has 154 valence electrons. The molecule has 1 spiro atoms. The molecule has 1 unspecified atom stereocenters. The largest absolute Gasteiger partial charge is 0.489 e. The lowest BCUT2D eigenvalue weighted by atomic mass is 9.85. The molecule has 29 heavy (non-hydrogen) atoms. The maximum atomic E-state index is 13.3. The molecule has 0 aliphatic carbocycles. The van der Waals surface area contributed by atoms with Crippen molar-refractivity contribution in [1.29, 1.82) is 0 Å². The number of carbonyl (C=O) groups excluding carboxylic acids is 2. The molecule has 2 saturated heterocycles. The van der Waals surface area contributed by atoms with Crippen LogP contribution < -0.4 is 4.74 Å². The van der Waals surface area contributed by atoms with Gasteiger partial charge in [-0.15, -0.1) is 0 Å². The quantitative estimate of drug-likeness (QED) is 0.791. The van der Waals surface area contributed by atoms with Crippen LogP contribution in [0.1, 0.15) is 53.1 Å². The Morgan fingerprint density at radius 1 is 1.14 bits per heavy atom. The van der Waals surface area contributed by atoms with Crippen LogP contribution in [0, 0.1) is 13.8 Å². The molecule has 0 N–H and O–H groups in total. The summed E-state index contributed by atoms with van der Waals surface area (Å²) < 4.78 is 11.6. The number of likely N-dealkylation sites (N-methyl/N-ethyl adjacent to an activating group) is 1. The van der Waals surface area contributed by atoms with Crippen molar-refractivity contribution in [1.82, 2.24) is 9.80 Å². The molecule has 0 radical (unpaired) electrons. The van der Waals surface area contributed by atoms with E-state index in [1.165, 1.54) is 5.56 Å². The molecular formula is C23H28N2O4. The van der Waals surface area contributed by atoms with Crippen molar-refractivity contribution in [3.05, 3.63) is 53.0 Å². The molecule has 4 rings (SSSR count). The molecule has 6 heteroatoms. The minimum absolute atomic E-state index is 0.0563. The predicted octanol–water partition coefficient (Wildman–Crippen LogP) is 3.70. The van der Waals surface area contributed by atoms with Gasteiger partial charge in [-0.25, -0.2) is 0 Å². The Morgan fingerprint density at radius 3 is 2.55 bits per heavy atom. The van der Waals surface area contributed by atoms with Crippen LogP contribution in [-0.2, 0) is 11.4 Å². The highest BCUT2D eigenvalue weighted by Gasteiger charge is 2.52. The summed E-state index contributed by atoms with van der Waals surface area (Å²) in [5.41, 5.74) is 1.31. The zero-order valence-corrected chi connectivity index (χ0v) is 17.4. The Hall–Kier alpha value is -2.76. The summed E-state index contributed by atoms with van der Waals surface area (Å²) in [4.78, 5) is 29.7. The molecule has 2 aliphatic heterocycles. The molecular weight excluding hydrogens is 368 g/mol. The normalized spacial score (nSPS) is 21.8. The summed E-state index contributed by atoms with van der Waals surface area (Å²) in [5, 5.41) is 0. The van der Waals surface area contributed by atoms with Crippen molar-refractivity contribution in [2.45, 2.75) is 51.7 Å². The van der Waals surface area contributed by atoms with E-state index in [1.807, 2.05) is 45.2 Å². The third kappa shape index (κ3) is 3.52. The topological polar surface area (TPSA) is 63.0 Å². The van der Waals surface area contributed by atoms with Crippen molar-refractivity contribution in [2.24, 2.45) is 0 Å².